The highest BCUT2D eigenvalue weighted by molar-refractivity contribution is 5.71. The van der Waals surface area contributed by atoms with Gasteiger partial charge in [-0.2, -0.15) is 0 Å². The van der Waals surface area contributed by atoms with E-state index in [9.17, 15) is 49.8 Å². The summed E-state index contributed by atoms with van der Waals surface area (Å²) >= 11 is 0. The maximum Gasteiger partial charge on any atom is 0.306 e. The number of aldehydes is 2. The van der Waals surface area contributed by atoms with Crippen molar-refractivity contribution in [1.29, 1.82) is 0 Å². The van der Waals surface area contributed by atoms with Gasteiger partial charge in [0, 0.05) is 12.8 Å². The number of aliphatic hydroxyl groups is 6. The number of hydrogen-bond acceptors (Lipinski definition) is 13. The van der Waals surface area contributed by atoms with Crippen LogP contribution < -0.4 is 0 Å². The number of unbranched alkanes of at least 4 members (excludes halogenated alkanes) is 28. The van der Waals surface area contributed by atoms with Crippen LogP contribution >= 0.6 is 0 Å². The van der Waals surface area contributed by atoms with Gasteiger partial charge in [-0.25, -0.2) is 0 Å². The molecule has 6 N–H and O–H groups in total. The second kappa shape index (κ2) is 42.0. The number of hydrogen-bond donors (Lipinski definition) is 6. The van der Waals surface area contributed by atoms with Crippen LogP contribution in [0.15, 0.2) is 0 Å². The first kappa shape index (κ1) is 59.0. The molecule has 0 saturated heterocycles. The molecule has 0 heterocycles. The Kier molecular flexibility index (Phi) is 40.6. The Morgan fingerprint density at radius 3 is 1.00 bits per heavy atom. The number of ether oxygens (including phenoxy) is 3. The molecular formula is C48H90O13. The fourth-order valence-electron chi connectivity index (χ4n) is 7.58. The van der Waals surface area contributed by atoms with E-state index in [1.54, 1.807) is 0 Å². The van der Waals surface area contributed by atoms with E-state index < -0.39 is 74.0 Å². The second-order valence-corrected chi connectivity index (χ2v) is 17.1. The van der Waals surface area contributed by atoms with Gasteiger partial charge in [0.25, 0.3) is 0 Å². The number of carbonyl (C=O) groups is 4. The van der Waals surface area contributed by atoms with E-state index in [0.29, 0.717) is 12.8 Å². The third-order valence-electron chi connectivity index (χ3n) is 11.6. The molecule has 0 saturated carbocycles. The van der Waals surface area contributed by atoms with Crippen LogP contribution in [0, 0.1) is 0 Å². The van der Waals surface area contributed by atoms with E-state index in [-0.39, 0.29) is 25.4 Å². The summed E-state index contributed by atoms with van der Waals surface area (Å²) < 4.78 is 16.6. The van der Waals surface area contributed by atoms with Gasteiger partial charge in [0.1, 0.15) is 30.5 Å². The minimum Gasteiger partial charge on any atom is -0.455 e. The first-order chi connectivity index (χ1) is 29.6. The highest BCUT2D eigenvalue weighted by Crippen LogP contribution is 2.22. The van der Waals surface area contributed by atoms with Crippen molar-refractivity contribution in [2.24, 2.45) is 0 Å². The van der Waals surface area contributed by atoms with Gasteiger partial charge in [0.15, 0.2) is 30.9 Å². The maximum absolute atomic E-state index is 13.2. The molecule has 0 aliphatic heterocycles. The zero-order valence-corrected chi connectivity index (χ0v) is 38.4. The minimum atomic E-state index is -2.13. The SMILES string of the molecule is CCCCCCCCCCCCCCCCCC(=O)O[C@@H]([C@H](OC(=O)CCCCCCCCCCCCCCCCC)[C@H](C=O)O[C@@H](C=O)[C@@H](O)[C@H](O)[C@H](O)CO)[C@H](O)CO. The molecule has 0 bridgehead atoms. The summed E-state index contributed by atoms with van der Waals surface area (Å²) in [4.78, 5) is 50.6. The summed E-state index contributed by atoms with van der Waals surface area (Å²) in [7, 11) is 0. The molecule has 0 aromatic carbocycles. The van der Waals surface area contributed by atoms with E-state index >= 15 is 0 Å². The van der Waals surface area contributed by atoms with E-state index in [1.165, 1.54) is 128 Å². The van der Waals surface area contributed by atoms with Crippen molar-refractivity contribution < 1.29 is 64.0 Å². The Labute approximate surface area is 369 Å². The molecule has 0 radical (unpaired) electrons. The molecule has 13 heteroatoms. The normalized spacial score (nSPS) is 15.6. The van der Waals surface area contributed by atoms with Crippen molar-refractivity contribution in [2.75, 3.05) is 13.2 Å². The molecular weight excluding hydrogens is 785 g/mol. The van der Waals surface area contributed by atoms with Crippen LogP contribution in [0.3, 0.4) is 0 Å². The van der Waals surface area contributed by atoms with Crippen LogP contribution in [-0.4, -0.2) is 117 Å². The molecule has 0 aliphatic rings. The zero-order valence-electron chi connectivity index (χ0n) is 38.4. The van der Waals surface area contributed by atoms with Crippen LogP contribution in [0.1, 0.15) is 219 Å². The van der Waals surface area contributed by atoms with Crippen molar-refractivity contribution in [1.82, 2.24) is 0 Å². The fraction of sp³-hybridized carbons (Fsp3) is 0.917. The van der Waals surface area contributed by atoms with Crippen LogP contribution in [0.5, 0.6) is 0 Å². The van der Waals surface area contributed by atoms with Gasteiger partial charge in [-0.15, -0.1) is 0 Å². The van der Waals surface area contributed by atoms with Gasteiger partial charge in [-0.3, -0.25) is 9.59 Å². The lowest BCUT2D eigenvalue weighted by Gasteiger charge is -2.34. The van der Waals surface area contributed by atoms with Crippen molar-refractivity contribution in [3.8, 4) is 0 Å². The summed E-state index contributed by atoms with van der Waals surface area (Å²) in [5.41, 5.74) is 0. The van der Waals surface area contributed by atoms with E-state index in [1.807, 2.05) is 0 Å². The Morgan fingerprint density at radius 1 is 0.410 bits per heavy atom. The van der Waals surface area contributed by atoms with Crippen LogP contribution in [-0.2, 0) is 33.4 Å². The first-order valence-corrected chi connectivity index (χ1v) is 24.5. The summed E-state index contributed by atoms with van der Waals surface area (Å²) in [5, 5.41) is 60.4. The minimum absolute atomic E-state index is 0.0414. The smallest absolute Gasteiger partial charge is 0.306 e. The molecule has 0 amide bonds. The van der Waals surface area contributed by atoms with Crippen molar-refractivity contribution in [3.05, 3.63) is 0 Å². The zero-order chi connectivity index (χ0) is 45.4. The predicted molar refractivity (Wildman–Crippen MR) is 238 cm³/mol. The molecule has 360 valence electrons. The Bertz CT molecular complexity index is 1030. The summed E-state index contributed by atoms with van der Waals surface area (Å²) in [6.45, 7) is 2.55. The van der Waals surface area contributed by atoms with E-state index in [0.717, 1.165) is 51.4 Å². The van der Waals surface area contributed by atoms with Gasteiger partial charge in [0.05, 0.1) is 13.2 Å². The third kappa shape index (κ3) is 31.5. The van der Waals surface area contributed by atoms with Crippen molar-refractivity contribution in [3.63, 3.8) is 0 Å². The highest BCUT2D eigenvalue weighted by atomic mass is 16.6. The number of carbonyl (C=O) groups excluding carboxylic acids is 4. The first-order valence-electron chi connectivity index (χ1n) is 24.5. The fourth-order valence-corrected chi connectivity index (χ4v) is 7.58. The lowest BCUT2D eigenvalue weighted by atomic mass is 10.0. The molecule has 0 rings (SSSR count). The lowest BCUT2D eigenvalue weighted by Crippen LogP contribution is -2.55. The molecule has 8 atom stereocenters. The molecule has 61 heavy (non-hydrogen) atoms. The summed E-state index contributed by atoms with van der Waals surface area (Å²) in [6.07, 6.45) is 18.9. The Hall–Kier alpha value is -2.00. The standard InChI is InChI=1S/C48H90O13/c1-3-5-7-9-11-13-15-17-19-21-23-25-27-29-31-33-43(55)60-47(40(54)36-50)48(42(38-52)59-41(37-51)46(58)45(57)39(53)35-49)61-44(56)34-32-30-28-26-24-22-20-18-16-14-12-10-8-6-4-2/h37-42,45-50,53-54,57-58H,3-36H2,1-2H3/t39-,40-,41+,42+,45-,46-,47-,48-/m1/s1. The third-order valence-corrected chi connectivity index (χ3v) is 11.6. The average Bonchev–Trinajstić information content (AvgIpc) is 3.26. The van der Waals surface area contributed by atoms with Crippen LogP contribution in [0.4, 0.5) is 0 Å². The second-order valence-electron chi connectivity index (χ2n) is 17.1. The molecule has 0 aliphatic carbocycles. The Balaban J connectivity index is 5.19. The van der Waals surface area contributed by atoms with Crippen molar-refractivity contribution >= 4 is 24.5 Å². The molecule has 0 aromatic heterocycles. The van der Waals surface area contributed by atoms with Gasteiger partial charge in [-0.05, 0) is 12.8 Å². The highest BCUT2D eigenvalue weighted by Gasteiger charge is 2.43. The molecule has 0 spiro atoms. The number of esters is 2. The lowest BCUT2D eigenvalue weighted by molar-refractivity contribution is -0.204. The maximum atomic E-state index is 13.2. The van der Waals surface area contributed by atoms with Gasteiger partial charge >= 0.3 is 11.9 Å². The van der Waals surface area contributed by atoms with E-state index in [2.05, 4.69) is 13.8 Å². The summed E-state index contributed by atoms with van der Waals surface area (Å²) in [5.74, 6) is -1.57. The van der Waals surface area contributed by atoms with Crippen LogP contribution in [0.2, 0.25) is 0 Å². The molecule has 13 nitrogen and oxygen atoms in total. The van der Waals surface area contributed by atoms with Gasteiger partial charge < -0.3 is 54.4 Å². The molecule has 0 aromatic rings. The topological polar surface area (TPSA) is 217 Å². The molecule has 0 unspecified atom stereocenters. The quantitative estimate of drug-likeness (QED) is 0.0195. The van der Waals surface area contributed by atoms with Crippen molar-refractivity contribution in [2.45, 2.75) is 268 Å². The largest absolute Gasteiger partial charge is 0.455 e. The van der Waals surface area contributed by atoms with Gasteiger partial charge in [0.2, 0.25) is 0 Å². The van der Waals surface area contributed by atoms with Crippen LogP contribution in [0.25, 0.3) is 0 Å². The summed E-state index contributed by atoms with van der Waals surface area (Å²) in [6, 6.07) is 0. The molecule has 0 fully saturated rings. The monoisotopic (exact) mass is 875 g/mol. The van der Waals surface area contributed by atoms with E-state index in [4.69, 9.17) is 14.2 Å². The predicted octanol–water partition coefficient (Wildman–Crippen LogP) is 7.91. The number of rotatable bonds is 46. The Morgan fingerprint density at radius 2 is 0.705 bits per heavy atom. The van der Waals surface area contributed by atoms with Gasteiger partial charge in [-0.1, -0.05) is 194 Å². The average molecular weight is 875 g/mol. The number of aliphatic hydroxyl groups excluding tert-OH is 6.